The molecule has 3 rings (SSSR count). The SMILES string of the molecule is O=C(Cn1cncn1)N1C[C@H]2CC=CC[C@H]2C1. The van der Waals surface area contributed by atoms with Crippen LogP contribution in [0.2, 0.25) is 0 Å². The Morgan fingerprint density at radius 3 is 2.53 bits per heavy atom. The van der Waals surface area contributed by atoms with Gasteiger partial charge in [0.05, 0.1) is 0 Å². The highest BCUT2D eigenvalue weighted by Gasteiger charge is 2.34. The third kappa shape index (κ3) is 2.09. The van der Waals surface area contributed by atoms with Crippen LogP contribution in [0, 0.1) is 11.8 Å². The van der Waals surface area contributed by atoms with E-state index in [-0.39, 0.29) is 5.91 Å². The van der Waals surface area contributed by atoms with Crippen molar-refractivity contribution < 1.29 is 4.79 Å². The van der Waals surface area contributed by atoms with Gasteiger partial charge in [-0.2, -0.15) is 5.10 Å². The maximum atomic E-state index is 12.1. The molecule has 17 heavy (non-hydrogen) atoms. The largest absolute Gasteiger partial charge is 0.340 e. The van der Waals surface area contributed by atoms with E-state index >= 15 is 0 Å². The number of aromatic nitrogens is 3. The lowest BCUT2D eigenvalue weighted by molar-refractivity contribution is -0.131. The van der Waals surface area contributed by atoms with Crippen molar-refractivity contribution in [3.05, 3.63) is 24.8 Å². The average Bonchev–Trinajstić information content (AvgIpc) is 2.96. The van der Waals surface area contributed by atoms with Crippen LogP contribution in [0.25, 0.3) is 0 Å². The van der Waals surface area contributed by atoms with E-state index in [1.54, 1.807) is 11.0 Å². The second kappa shape index (κ2) is 4.31. The van der Waals surface area contributed by atoms with Gasteiger partial charge in [-0.25, -0.2) is 9.67 Å². The second-order valence-corrected chi connectivity index (χ2v) is 4.85. The van der Waals surface area contributed by atoms with E-state index in [2.05, 4.69) is 22.2 Å². The molecule has 2 heterocycles. The summed E-state index contributed by atoms with van der Waals surface area (Å²) in [5.41, 5.74) is 0. The Bertz CT molecular complexity index is 410. The van der Waals surface area contributed by atoms with Crippen molar-refractivity contribution >= 4 is 5.91 Å². The number of amides is 1. The van der Waals surface area contributed by atoms with Gasteiger partial charge in [0.2, 0.25) is 5.91 Å². The molecule has 0 N–H and O–H groups in total. The molecule has 0 radical (unpaired) electrons. The number of allylic oxidation sites excluding steroid dienone is 2. The summed E-state index contributed by atoms with van der Waals surface area (Å²) in [6, 6.07) is 0. The van der Waals surface area contributed by atoms with Gasteiger partial charge in [0.25, 0.3) is 0 Å². The Labute approximate surface area is 100 Å². The standard InChI is InChI=1S/C12H16N4O/c17-12(7-16-9-13-8-14-16)15-5-10-3-1-2-4-11(10)6-15/h1-2,8-11H,3-7H2/t10-,11+. The highest BCUT2D eigenvalue weighted by atomic mass is 16.2. The molecule has 1 amide bonds. The number of carbonyl (C=O) groups is 1. The zero-order valence-corrected chi connectivity index (χ0v) is 9.70. The molecule has 0 bridgehead atoms. The van der Waals surface area contributed by atoms with Gasteiger partial charge in [-0.05, 0) is 24.7 Å². The minimum atomic E-state index is 0.157. The van der Waals surface area contributed by atoms with E-state index in [1.165, 1.54) is 6.33 Å². The van der Waals surface area contributed by atoms with Crippen molar-refractivity contribution in [2.75, 3.05) is 13.1 Å². The van der Waals surface area contributed by atoms with Crippen LogP contribution in [0.5, 0.6) is 0 Å². The molecule has 0 aromatic carbocycles. The zero-order chi connectivity index (χ0) is 11.7. The predicted molar refractivity (Wildman–Crippen MR) is 62.0 cm³/mol. The van der Waals surface area contributed by atoms with Crippen molar-refractivity contribution in [2.24, 2.45) is 11.8 Å². The molecule has 90 valence electrons. The van der Waals surface area contributed by atoms with Crippen LogP contribution in [0.15, 0.2) is 24.8 Å². The van der Waals surface area contributed by atoms with Gasteiger partial charge in [-0.3, -0.25) is 4.79 Å². The number of rotatable bonds is 2. The fourth-order valence-corrected chi connectivity index (χ4v) is 2.77. The number of nitrogens with zero attached hydrogens (tertiary/aromatic N) is 4. The van der Waals surface area contributed by atoms with E-state index in [1.807, 2.05) is 4.90 Å². The minimum Gasteiger partial charge on any atom is -0.340 e. The summed E-state index contributed by atoms with van der Waals surface area (Å²) in [5.74, 6) is 1.49. The summed E-state index contributed by atoms with van der Waals surface area (Å²) >= 11 is 0. The van der Waals surface area contributed by atoms with Crippen LogP contribution >= 0.6 is 0 Å². The number of carbonyl (C=O) groups excluding carboxylic acids is 1. The molecule has 2 atom stereocenters. The quantitative estimate of drug-likeness (QED) is 0.705. The van der Waals surface area contributed by atoms with Gasteiger partial charge in [-0.1, -0.05) is 12.2 Å². The van der Waals surface area contributed by atoms with Crippen LogP contribution in [-0.2, 0) is 11.3 Å². The maximum Gasteiger partial charge on any atom is 0.244 e. The summed E-state index contributed by atoms with van der Waals surface area (Å²) in [5, 5.41) is 3.96. The lowest BCUT2D eigenvalue weighted by Gasteiger charge is -2.17. The van der Waals surface area contributed by atoms with Crippen LogP contribution in [-0.4, -0.2) is 38.7 Å². The van der Waals surface area contributed by atoms with Crippen LogP contribution in [0.4, 0.5) is 0 Å². The summed E-state index contributed by atoms with van der Waals surface area (Å²) in [6.07, 6.45) is 9.78. The van der Waals surface area contributed by atoms with Crippen LogP contribution < -0.4 is 0 Å². The van der Waals surface area contributed by atoms with Gasteiger partial charge in [0, 0.05) is 13.1 Å². The highest BCUT2D eigenvalue weighted by Crippen LogP contribution is 2.32. The fraction of sp³-hybridized carbons (Fsp3) is 0.583. The van der Waals surface area contributed by atoms with E-state index in [0.29, 0.717) is 18.4 Å². The topological polar surface area (TPSA) is 51.0 Å². The Morgan fingerprint density at radius 1 is 1.24 bits per heavy atom. The summed E-state index contributed by atoms with van der Waals surface area (Å²) in [4.78, 5) is 17.9. The highest BCUT2D eigenvalue weighted by molar-refractivity contribution is 5.76. The first kappa shape index (κ1) is 10.5. The van der Waals surface area contributed by atoms with Gasteiger partial charge >= 0.3 is 0 Å². The fourth-order valence-electron chi connectivity index (χ4n) is 2.77. The van der Waals surface area contributed by atoms with Gasteiger partial charge in [-0.15, -0.1) is 0 Å². The molecule has 1 saturated heterocycles. The molecule has 1 fully saturated rings. The summed E-state index contributed by atoms with van der Waals surface area (Å²) in [7, 11) is 0. The number of fused-ring (bicyclic) bond motifs is 1. The van der Waals surface area contributed by atoms with Crippen molar-refractivity contribution in [2.45, 2.75) is 19.4 Å². The summed E-state index contributed by atoms with van der Waals surface area (Å²) < 4.78 is 1.59. The average molecular weight is 232 g/mol. The molecule has 5 heteroatoms. The van der Waals surface area contributed by atoms with E-state index in [9.17, 15) is 4.79 Å². The molecule has 1 aromatic heterocycles. The summed E-state index contributed by atoms with van der Waals surface area (Å²) in [6.45, 7) is 2.12. The minimum absolute atomic E-state index is 0.157. The lowest BCUT2D eigenvalue weighted by Crippen LogP contribution is -2.32. The molecule has 0 saturated carbocycles. The molecule has 5 nitrogen and oxygen atoms in total. The molecule has 0 spiro atoms. The van der Waals surface area contributed by atoms with E-state index in [4.69, 9.17) is 0 Å². The van der Waals surface area contributed by atoms with Crippen molar-refractivity contribution in [1.82, 2.24) is 19.7 Å². The van der Waals surface area contributed by atoms with Crippen molar-refractivity contribution in [3.8, 4) is 0 Å². The van der Waals surface area contributed by atoms with E-state index in [0.717, 1.165) is 25.9 Å². The second-order valence-electron chi connectivity index (χ2n) is 4.85. The third-order valence-electron chi connectivity index (χ3n) is 3.74. The molecule has 1 aliphatic heterocycles. The lowest BCUT2D eigenvalue weighted by atomic mass is 9.86. The molecular weight excluding hydrogens is 216 g/mol. The maximum absolute atomic E-state index is 12.1. The molecule has 2 aliphatic rings. The third-order valence-corrected chi connectivity index (χ3v) is 3.74. The van der Waals surface area contributed by atoms with Crippen molar-refractivity contribution in [3.63, 3.8) is 0 Å². The Morgan fingerprint density at radius 2 is 1.94 bits per heavy atom. The molecule has 1 aromatic rings. The molecule has 1 aliphatic carbocycles. The van der Waals surface area contributed by atoms with Crippen LogP contribution in [0.3, 0.4) is 0 Å². The Hall–Kier alpha value is -1.65. The number of hydrogen-bond donors (Lipinski definition) is 0. The monoisotopic (exact) mass is 232 g/mol. The van der Waals surface area contributed by atoms with E-state index < -0.39 is 0 Å². The Kier molecular flexibility index (Phi) is 2.66. The zero-order valence-electron chi connectivity index (χ0n) is 9.70. The first-order valence-electron chi connectivity index (χ1n) is 6.08. The first-order chi connectivity index (χ1) is 8.33. The number of likely N-dealkylation sites (tertiary alicyclic amines) is 1. The molecular formula is C12H16N4O. The first-order valence-corrected chi connectivity index (χ1v) is 6.08. The Balaban J connectivity index is 1.61. The normalized spacial score (nSPS) is 27.2. The van der Waals surface area contributed by atoms with Gasteiger partial charge < -0.3 is 4.90 Å². The van der Waals surface area contributed by atoms with Gasteiger partial charge in [0.1, 0.15) is 19.2 Å². The van der Waals surface area contributed by atoms with Gasteiger partial charge in [0.15, 0.2) is 0 Å². The smallest absolute Gasteiger partial charge is 0.244 e. The number of hydrogen-bond acceptors (Lipinski definition) is 3. The predicted octanol–water partition coefficient (Wildman–Crippen LogP) is 0.703. The van der Waals surface area contributed by atoms with Crippen LogP contribution in [0.1, 0.15) is 12.8 Å². The van der Waals surface area contributed by atoms with Crippen molar-refractivity contribution in [1.29, 1.82) is 0 Å². The molecule has 0 unspecified atom stereocenters.